The summed E-state index contributed by atoms with van der Waals surface area (Å²) in [4.78, 5) is 14.2. The van der Waals surface area contributed by atoms with Crippen molar-refractivity contribution in [1.82, 2.24) is 10.2 Å². The Kier molecular flexibility index (Phi) is 3.74. The number of carbonyl (C=O) groups is 1. The molecule has 0 aromatic heterocycles. The molecule has 2 aliphatic rings. The van der Waals surface area contributed by atoms with Crippen LogP contribution in [0.3, 0.4) is 0 Å². The van der Waals surface area contributed by atoms with E-state index in [-0.39, 0.29) is 17.5 Å². The Morgan fingerprint density at radius 3 is 2.85 bits per heavy atom. The smallest absolute Gasteiger partial charge is 0.238 e. The van der Waals surface area contributed by atoms with Crippen LogP contribution in [0.1, 0.15) is 44.3 Å². The number of hydrogen-bond donors (Lipinski definition) is 1. The van der Waals surface area contributed by atoms with Gasteiger partial charge in [-0.05, 0) is 36.0 Å². The van der Waals surface area contributed by atoms with Crippen molar-refractivity contribution < 1.29 is 4.79 Å². The SMILES string of the molecule is CC1(CN2C(=O)CNC2c2cccc(Cl)c2)CCCC1. The third-order valence-electron chi connectivity index (χ3n) is 4.61. The number of benzene rings is 1. The molecule has 1 atom stereocenters. The largest absolute Gasteiger partial charge is 0.321 e. The van der Waals surface area contributed by atoms with E-state index in [1.807, 2.05) is 29.2 Å². The topological polar surface area (TPSA) is 32.3 Å². The predicted molar refractivity (Wildman–Crippen MR) is 80.5 cm³/mol. The van der Waals surface area contributed by atoms with E-state index in [4.69, 9.17) is 11.6 Å². The molecule has 1 saturated carbocycles. The van der Waals surface area contributed by atoms with E-state index in [1.165, 1.54) is 25.7 Å². The number of hydrogen-bond acceptors (Lipinski definition) is 2. The Morgan fingerprint density at radius 2 is 2.15 bits per heavy atom. The molecule has 1 saturated heterocycles. The maximum atomic E-state index is 12.2. The monoisotopic (exact) mass is 292 g/mol. The fourth-order valence-electron chi connectivity index (χ4n) is 3.49. The van der Waals surface area contributed by atoms with Crippen molar-refractivity contribution >= 4 is 17.5 Å². The molecule has 108 valence electrons. The molecule has 1 heterocycles. The van der Waals surface area contributed by atoms with Crippen molar-refractivity contribution in [2.45, 2.75) is 38.8 Å². The van der Waals surface area contributed by atoms with E-state index >= 15 is 0 Å². The van der Waals surface area contributed by atoms with E-state index < -0.39 is 0 Å². The Bertz CT molecular complexity index is 511. The van der Waals surface area contributed by atoms with Crippen molar-refractivity contribution in [2.24, 2.45) is 5.41 Å². The first-order chi connectivity index (χ1) is 9.57. The van der Waals surface area contributed by atoms with Crippen molar-refractivity contribution in [3.05, 3.63) is 34.9 Å². The van der Waals surface area contributed by atoms with Crippen LogP contribution >= 0.6 is 11.6 Å². The van der Waals surface area contributed by atoms with Gasteiger partial charge in [-0.1, -0.05) is 43.5 Å². The summed E-state index contributed by atoms with van der Waals surface area (Å²) >= 11 is 6.07. The third kappa shape index (κ3) is 2.70. The Labute approximate surface area is 125 Å². The highest BCUT2D eigenvalue weighted by Crippen LogP contribution is 2.40. The van der Waals surface area contributed by atoms with Gasteiger partial charge in [0.05, 0.1) is 6.54 Å². The summed E-state index contributed by atoms with van der Waals surface area (Å²) in [6.45, 7) is 3.57. The molecule has 3 rings (SSSR count). The van der Waals surface area contributed by atoms with E-state index in [9.17, 15) is 4.79 Å². The lowest BCUT2D eigenvalue weighted by Crippen LogP contribution is -2.38. The van der Waals surface area contributed by atoms with Crippen LogP contribution in [-0.4, -0.2) is 23.9 Å². The van der Waals surface area contributed by atoms with Gasteiger partial charge in [0, 0.05) is 11.6 Å². The van der Waals surface area contributed by atoms with E-state index in [0.717, 1.165) is 17.1 Å². The fraction of sp³-hybridized carbons (Fsp3) is 0.562. The molecule has 1 aliphatic carbocycles. The normalized spacial score (nSPS) is 25.4. The fourth-order valence-corrected chi connectivity index (χ4v) is 3.69. The number of rotatable bonds is 3. The van der Waals surface area contributed by atoms with E-state index in [1.54, 1.807) is 0 Å². The van der Waals surface area contributed by atoms with Gasteiger partial charge in [0.15, 0.2) is 0 Å². The standard InChI is InChI=1S/C16H21ClN2O/c1-16(7-2-3-8-16)11-19-14(20)10-18-15(19)12-5-4-6-13(17)9-12/h4-6,9,15,18H,2-3,7-8,10-11H2,1H3. The van der Waals surface area contributed by atoms with Crippen molar-refractivity contribution in [2.75, 3.05) is 13.1 Å². The third-order valence-corrected chi connectivity index (χ3v) is 4.84. The lowest BCUT2D eigenvalue weighted by Gasteiger charge is -2.33. The Hall–Kier alpha value is -1.06. The highest BCUT2D eigenvalue weighted by molar-refractivity contribution is 6.30. The first-order valence-electron chi connectivity index (χ1n) is 7.36. The van der Waals surface area contributed by atoms with Crippen molar-refractivity contribution in [1.29, 1.82) is 0 Å². The summed E-state index contributed by atoms with van der Waals surface area (Å²) in [6.07, 6.45) is 4.98. The Balaban J connectivity index is 1.81. The van der Waals surface area contributed by atoms with Crippen LogP contribution in [0.2, 0.25) is 5.02 Å². The molecule has 20 heavy (non-hydrogen) atoms. The number of carbonyl (C=O) groups excluding carboxylic acids is 1. The van der Waals surface area contributed by atoms with Crippen LogP contribution in [0.15, 0.2) is 24.3 Å². The van der Waals surface area contributed by atoms with Gasteiger partial charge in [-0.3, -0.25) is 10.1 Å². The summed E-state index contributed by atoms with van der Waals surface area (Å²) in [5.41, 5.74) is 1.35. The summed E-state index contributed by atoms with van der Waals surface area (Å²) in [5.74, 6) is 0.197. The second-order valence-electron chi connectivity index (χ2n) is 6.38. The number of halogens is 1. The second-order valence-corrected chi connectivity index (χ2v) is 6.81. The zero-order valence-electron chi connectivity index (χ0n) is 11.9. The number of amides is 1. The molecule has 1 aliphatic heterocycles. The second kappa shape index (κ2) is 5.38. The molecular weight excluding hydrogens is 272 g/mol. The zero-order valence-corrected chi connectivity index (χ0v) is 12.6. The van der Waals surface area contributed by atoms with Crippen LogP contribution in [0.4, 0.5) is 0 Å². The zero-order chi connectivity index (χ0) is 14.2. The van der Waals surface area contributed by atoms with Gasteiger partial charge in [0.25, 0.3) is 0 Å². The van der Waals surface area contributed by atoms with Crippen LogP contribution in [0.5, 0.6) is 0 Å². The summed E-state index contributed by atoms with van der Waals surface area (Å²) < 4.78 is 0. The minimum Gasteiger partial charge on any atom is -0.321 e. The molecule has 0 spiro atoms. The minimum atomic E-state index is -0.0291. The maximum absolute atomic E-state index is 12.2. The van der Waals surface area contributed by atoms with Crippen LogP contribution < -0.4 is 5.32 Å². The predicted octanol–water partition coefficient (Wildman–Crippen LogP) is 3.35. The van der Waals surface area contributed by atoms with Gasteiger partial charge in [-0.2, -0.15) is 0 Å². The lowest BCUT2D eigenvalue weighted by atomic mass is 9.88. The molecule has 1 aromatic carbocycles. The Morgan fingerprint density at radius 1 is 1.40 bits per heavy atom. The van der Waals surface area contributed by atoms with Gasteiger partial charge in [0.1, 0.15) is 6.17 Å². The quantitative estimate of drug-likeness (QED) is 0.926. The molecule has 1 aromatic rings. The first kappa shape index (κ1) is 13.9. The highest BCUT2D eigenvalue weighted by Gasteiger charge is 2.38. The van der Waals surface area contributed by atoms with Crippen LogP contribution in [0.25, 0.3) is 0 Å². The van der Waals surface area contributed by atoms with Gasteiger partial charge < -0.3 is 4.90 Å². The molecule has 1 unspecified atom stereocenters. The van der Waals surface area contributed by atoms with Gasteiger partial charge in [-0.25, -0.2) is 0 Å². The molecule has 0 radical (unpaired) electrons. The molecule has 1 amide bonds. The van der Waals surface area contributed by atoms with Gasteiger partial charge in [-0.15, -0.1) is 0 Å². The molecule has 4 heteroatoms. The van der Waals surface area contributed by atoms with Crippen LogP contribution in [0, 0.1) is 5.41 Å². The van der Waals surface area contributed by atoms with Crippen LogP contribution in [-0.2, 0) is 4.79 Å². The minimum absolute atomic E-state index is 0.0291. The van der Waals surface area contributed by atoms with E-state index in [2.05, 4.69) is 12.2 Å². The lowest BCUT2D eigenvalue weighted by molar-refractivity contribution is -0.129. The van der Waals surface area contributed by atoms with Gasteiger partial charge >= 0.3 is 0 Å². The average Bonchev–Trinajstić information content (AvgIpc) is 2.98. The van der Waals surface area contributed by atoms with Crippen molar-refractivity contribution in [3.8, 4) is 0 Å². The van der Waals surface area contributed by atoms with Crippen molar-refractivity contribution in [3.63, 3.8) is 0 Å². The molecular formula is C16H21ClN2O. The molecule has 3 nitrogen and oxygen atoms in total. The number of nitrogens with one attached hydrogen (secondary N) is 1. The first-order valence-corrected chi connectivity index (χ1v) is 7.74. The van der Waals surface area contributed by atoms with E-state index in [0.29, 0.717) is 6.54 Å². The average molecular weight is 293 g/mol. The molecule has 1 N–H and O–H groups in total. The summed E-state index contributed by atoms with van der Waals surface area (Å²) in [5, 5.41) is 4.03. The summed E-state index contributed by atoms with van der Waals surface area (Å²) in [7, 11) is 0. The number of nitrogens with zero attached hydrogens (tertiary/aromatic N) is 1. The highest BCUT2D eigenvalue weighted by atomic mass is 35.5. The summed E-state index contributed by atoms with van der Waals surface area (Å²) in [6, 6.07) is 7.79. The molecule has 2 fully saturated rings. The van der Waals surface area contributed by atoms with Gasteiger partial charge in [0.2, 0.25) is 5.91 Å². The maximum Gasteiger partial charge on any atom is 0.238 e. The molecule has 0 bridgehead atoms.